The van der Waals surface area contributed by atoms with E-state index in [0.29, 0.717) is 20.8 Å². The normalized spacial score (nSPS) is 22.1. The second-order valence-corrected chi connectivity index (χ2v) is 3.23. The molecule has 1 aliphatic heterocycles. The van der Waals surface area contributed by atoms with E-state index in [1.807, 2.05) is 0 Å². The van der Waals surface area contributed by atoms with E-state index in [9.17, 15) is 4.91 Å². The molecule has 1 heterocycles. The van der Waals surface area contributed by atoms with E-state index in [-0.39, 0.29) is 0 Å². The zero-order chi connectivity index (χ0) is 10.7. The summed E-state index contributed by atoms with van der Waals surface area (Å²) in [5.74, 6) is 0.724. The Bertz CT molecular complexity index is 310. The fourth-order valence-corrected chi connectivity index (χ4v) is 1.65. The number of halogens is 1. The van der Waals surface area contributed by atoms with Gasteiger partial charge in [0.15, 0.2) is 5.76 Å². The number of ether oxygens (including phenoxy) is 3. The first-order valence-electron chi connectivity index (χ1n) is 3.76. The lowest BCUT2D eigenvalue weighted by atomic mass is 10.3. The average molecular weight is 264 g/mol. The molecule has 0 aliphatic carbocycles. The van der Waals surface area contributed by atoms with Crippen molar-refractivity contribution in [1.82, 2.24) is 0 Å². The molecular weight excluding hydrogens is 254 g/mol. The lowest BCUT2D eigenvalue weighted by Crippen LogP contribution is -2.30. The molecule has 1 aliphatic rings. The van der Waals surface area contributed by atoms with Gasteiger partial charge in [0.2, 0.25) is 5.76 Å². The summed E-state index contributed by atoms with van der Waals surface area (Å²) >= 11 is 3.14. The van der Waals surface area contributed by atoms with E-state index in [2.05, 4.69) is 22.1 Å². The predicted molar refractivity (Wildman–Crippen MR) is 51.2 cm³/mol. The van der Waals surface area contributed by atoms with Gasteiger partial charge < -0.3 is 14.2 Å². The monoisotopic (exact) mass is 263 g/mol. The molecule has 5 nitrogen and oxygen atoms in total. The molecular formula is C8H10BrNO4+. The molecule has 0 aromatic heterocycles. The third-order valence-electron chi connectivity index (χ3n) is 1.72. The minimum Gasteiger partial charge on any atom is -0.492 e. The average Bonchev–Trinajstić information content (AvgIpc) is 2.16. The molecule has 1 unspecified atom stereocenters. The number of nitroso groups, excluding NO2 is 1. The molecule has 0 spiro atoms. The van der Waals surface area contributed by atoms with Gasteiger partial charge in [0, 0.05) is 12.0 Å². The van der Waals surface area contributed by atoms with Crippen molar-refractivity contribution in [3.05, 3.63) is 27.1 Å². The number of hydrogen-bond acceptors (Lipinski definition) is 4. The Labute approximate surface area is 90.0 Å². The lowest BCUT2D eigenvalue weighted by molar-refractivity contribution is -0.581. The topological polar surface area (TPSA) is 47.8 Å². The standard InChI is InChI=1S/C8H10BrNO4/c1-12-6-5(9)4-10(11)8(14-3)7(6)13-2/h8H,1-3H3/q+1. The van der Waals surface area contributed by atoms with Crippen LogP contribution in [0.3, 0.4) is 0 Å². The van der Waals surface area contributed by atoms with Gasteiger partial charge in [0.25, 0.3) is 0 Å². The van der Waals surface area contributed by atoms with E-state index in [4.69, 9.17) is 14.2 Å². The molecule has 0 fully saturated rings. The first-order valence-corrected chi connectivity index (χ1v) is 4.55. The van der Waals surface area contributed by atoms with Crippen LogP contribution in [-0.2, 0) is 14.2 Å². The summed E-state index contributed by atoms with van der Waals surface area (Å²) in [5, 5.41) is 0. The van der Waals surface area contributed by atoms with Crippen molar-refractivity contribution in [2.75, 3.05) is 21.3 Å². The fraction of sp³-hybridized carbons (Fsp3) is 0.500. The van der Waals surface area contributed by atoms with Gasteiger partial charge in [-0.05, 0) is 15.9 Å². The summed E-state index contributed by atoms with van der Waals surface area (Å²) in [6, 6.07) is 0. The van der Waals surface area contributed by atoms with Crippen LogP contribution in [0, 0.1) is 11.1 Å². The van der Waals surface area contributed by atoms with Crippen molar-refractivity contribution in [1.29, 1.82) is 0 Å². The minimum absolute atomic E-state index is 0.315. The van der Waals surface area contributed by atoms with Crippen molar-refractivity contribution in [2.45, 2.75) is 6.23 Å². The zero-order valence-corrected chi connectivity index (χ0v) is 9.62. The molecule has 0 amide bonds. The Morgan fingerprint density at radius 2 is 2.00 bits per heavy atom. The van der Waals surface area contributed by atoms with E-state index in [1.165, 1.54) is 21.3 Å². The third kappa shape index (κ3) is 1.80. The summed E-state index contributed by atoms with van der Waals surface area (Å²) in [6.45, 7) is 0. The van der Waals surface area contributed by atoms with E-state index in [0.717, 1.165) is 0 Å². The molecule has 0 aromatic carbocycles. The first-order chi connectivity index (χ1) is 6.65. The highest BCUT2D eigenvalue weighted by Crippen LogP contribution is 2.29. The molecule has 0 N–H and O–H groups in total. The van der Waals surface area contributed by atoms with Crippen LogP contribution in [0.5, 0.6) is 0 Å². The molecule has 0 saturated heterocycles. The largest absolute Gasteiger partial charge is 0.492 e. The summed E-state index contributed by atoms with van der Waals surface area (Å²) in [5.41, 5.74) is 0. The van der Waals surface area contributed by atoms with Gasteiger partial charge in [0.05, 0.1) is 19.0 Å². The number of allylic oxidation sites excluding steroid dienone is 1. The number of methoxy groups -OCH3 is 3. The van der Waals surface area contributed by atoms with E-state index < -0.39 is 6.23 Å². The molecule has 0 aromatic rings. The van der Waals surface area contributed by atoms with Crippen molar-refractivity contribution in [3.63, 3.8) is 0 Å². The van der Waals surface area contributed by atoms with E-state index >= 15 is 0 Å². The van der Waals surface area contributed by atoms with Crippen LogP contribution in [0.2, 0.25) is 0 Å². The van der Waals surface area contributed by atoms with Gasteiger partial charge in [0.1, 0.15) is 4.48 Å². The van der Waals surface area contributed by atoms with Crippen LogP contribution in [-0.4, -0.2) is 32.3 Å². The van der Waals surface area contributed by atoms with Crippen LogP contribution in [0.4, 0.5) is 0 Å². The molecule has 77 valence electrons. The van der Waals surface area contributed by atoms with Crippen molar-refractivity contribution >= 4 is 15.9 Å². The Balaban J connectivity index is 3.16. The second kappa shape index (κ2) is 4.56. The Morgan fingerprint density at radius 3 is 2.43 bits per heavy atom. The zero-order valence-electron chi connectivity index (χ0n) is 8.04. The van der Waals surface area contributed by atoms with Gasteiger partial charge >= 0.3 is 12.4 Å². The molecule has 0 saturated carbocycles. The smallest absolute Gasteiger partial charge is 0.374 e. The second-order valence-electron chi connectivity index (χ2n) is 2.44. The van der Waals surface area contributed by atoms with Gasteiger partial charge in [-0.25, -0.2) is 0 Å². The van der Waals surface area contributed by atoms with Gasteiger partial charge in [-0.1, -0.05) is 0 Å². The number of rotatable bonds is 3. The highest BCUT2D eigenvalue weighted by molar-refractivity contribution is 9.11. The molecule has 0 bridgehead atoms. The molecule has 1 radical (unpaired) electrons. The van der Waals surface area contributed by atoms with Gasteiger partial charge in [-0.3, -0.25) is 0 Å². The Hall–Kier alpha value is -0.880. The summed E-state index contributed by atoms with van der Waals surface area (Å²) < 4.78 is 15.9. The highest BCUT2D eigenvalue weighted by atomic mass is 79.9. The molecule has 1 atom stereocenters. The summed E-state index contributed by atoms with van der Waals surface area (Å²) in [6.07, 6.45) is 1.62. The predicted octanol–water partition coefficient (Wildman–Crippen LogP) is 1.30. The quantitative estimate of drug-likeness (QED) is 0.721. The Kier molecular flexibility index (Phi) is 3.65. The lowest BCUT2D eigenvalue weighted by Gasteiger charge is -2.16. The fourth-order valence-electron chi connectivity index (χ4n) is 1.12. The van der Waals surface area contributed by atoms with E-state index in [1.54, 1.807) is 0 Å². The Morgan fingerprint density at radius 1 is 1.36 bits per heavy atom. The maximum Gasteiger partial charge on any atom is 0.374 e. The van der Waals surface area contributed by atoms with Crippen LogP contribution in [0.1, 0.15) is 0 Å². The number of nitrogens with zero attached hydrogens (tertiary/aromatic N) is 1. The third-order valence-corrected chi connectivity index (χ3v) is 2.25. The summed E-state index contributed by atoms with van der Waals surface area (Å²) in [4.78, 5) is 11.3. The summed E-state index contributed by atoms with van der Waals surface area (Å²) in [7, 11) is 4.33. The molecule has 6 heteroatoms. The van der Waals surface area contributed by atoms with Crippen LogP contribution in [0.15, 0.2) is 16.0 Å². The highest BCUT2D eigenvalue weighted by Gasteiger charge is 2.40. The van der Waals surface area contributed by atoms with Crippen molar-refractivity contribution in [3.8, 4) is 0 Å². The van der Waals surface area contributed by atoms with Gasteiger partial charge in [-0.2, -0.15) is 0 Å². The van der Waals surface area contributed by atoms with Crippen LogP contribution in [0.25, 0.3) is 0 Å². The van der Waals surface area contributed by atoms with Crippen molar-refractivity contribution in [2.24, 2.45) is 0 Å². The number of hydrogen-bond donors (Lipinski definition) is 0. The van der Waals surface area contributed by atoms with Crippen LogP contribution >= 0.6 is 15.9 Å². The molecule has 1 rings (SSSR count). The SMILES string of the molecule is COC1=C(OC)C(OC)[N+](=O)[C]=C1Br. The maximum absolute atomic E-state index is 11.3. The maximum atomic E-state index is 11.3. The van der Waals surface area contributed by atoms with Crippen LogP contribution < -0.4 is 0 Å². The van der Waals surface area contributed by atoms with Gasteiger partial charge in [-0.15, -0.1) is 0 Å². The first kappa shape index (κ1) is 11.2. The minimum atomic E-state index is -0.851. The molecule has 14 heavy (non-hydrogen) atoms. The van der Waals surface area contributed by atoms with Crippen molar-refractivity contribution < 1.29 is 19.0 Å².